The van der Waals surface area contributed by atoms with Gasteiger partial charge in [0.05, 0.1) is 6.54 Å². The summed E-state index contributed by atoms with van der Waals surface area (Å²) in [5.74, 6) is 6.53. The molecule has 28 heavy (non-hydrogen) atoms. The van der Waals surface area contributed by atoms with E-state index in [0.717, 1.165) is 12.1 Å². The zero-order valence-electron chi connectivity index (χ0n) is 15.7. The van der Waals surface area contributed by atoms with Crippen molar-refractivity contribution in [2.24, 2.45) is 16.9 Å². The molecule has 0 amide bonds. The molecule has 1 saturated heterocycles. The number of hydrazone groups is 1. The molecule has 2 aromatic carbocycles. The second-order valence-electron chi connectivity index (χ2n) is 7.07. The predicted octanol–water partition coefficient (Wildman–Crippen LogP) is 4.37. The van der Waals surface area contributed by atoms with Gasteiger partial charge in [-0.3, -0.25) is 4.90 Å². The lowest BCUT2D eigenvalue weighted by Gasteiger charge is -2.45. The number of nitrogens with two attached hydrogens (primary N) is 1. The van der Waals surface area contributed by atoms with Crippen LogP contribution < -0.4 is 5.84 Å². The van der Waals surface area contributed by atoms with Crippen LogP contribution in [0.3, 0.4) is 0 Å². The number of benzene rings is 2. The molecule has 3 aromatic rings. The highest BCUT2D eigenvalue weighted by atomic mass is 32.1. The minimum absolute atomic E-state index is 0.0860. The van der Waals surface area contributed by atoms with Gasteiger partial charge in [-0.2, -0.15) is 5.10 Å². The molecule has 0 saturated carbocycles. The van der Waals surface area contributed by atoms with E-state index in [1.165, 1.54) is 11.1 Å². The number of hydrogen-bond donors (Lipinski definition) is 2. The molecule has 7 heteroatoms. The maximum Gasteiger partial charge on any atom is 0.284 e. The van der Waals surface area contributed by atoms with Crippen molar-refractivity contribution in [2.75, 3.05) is 0 Å². The molecular weight excluding hydrogens is 370 g/mol. The lowest BCUT2D eigenvalue weighted by Crippen LogP contribution is -2.44. The fraction of sp³-hybridized carbons (Fsp3) is 0.286. The minimum Gasteiger partial charge on any atom is -0.413 e. The smallest absolute Gasteiger partial charge is 0.284 e. The maximum absolute atomic E-state index is 5.80. The SMILES string of the molecule is CC1C(=NN)CC(c2ccccc2)N(Cc2n[nH]c(=S)o2)C1c1ccccc1. The van der Waals surface area contributed by atoms with Crippen molar-refractivity contribution in [3.63, 3.8) is 0 Å². The van der Waals surface area contributed by atoms with Crippen molar-refractivity contribution in [2.45, 2.75) is 32.0 Å². The fourth-order valence-electron chi connectivity index (χ4n) is 4.14. The molecule has 2 heterocycles. The summed E-state index contributed by atoms with van der Waals surface area (Å²) in [5, 5.41) is 11.1. The van der Waals surface area contributed by atoms with E-state index in [-0.39, 0.29) is 22.8 Å². The normalized spacial score (nSPS) is 24.5. The number of likely N-dealkylation sites (tertiary alicyclic amines) is 1. The van der Waals surface area contributed by atoms with Crippen LogP contribution in [0.5, 0.6) is 0 Å². The third kappa shape index (κ3) is 3.63. The van der Waals surface area contributed by atoms with Gasteiger partial charge < -0.3 is 10.3 Å². The summed E-state index contributed by atoms with van der Waals surface area (Å²) in [6.45, 7) is 2.71. The number of nitrogens with one attached hydrogen (secondary N) is 1. The van der Waals surface area contributed by atoms with Crippen molar-refractivity contribution in [1.29, 1.82) is 0 Å². The van der Waals surface area contributed by atoms with Crippen LogP contribution in [0.4, 0.5) is 0 Å². The number of hydrogen-bond acceptors (Lipinski definition) is 6. The molecule has 0 bridgehead atoms. The van der Waals surface area contributed by atoms with E-state index in [4.69, 9.17) is 22.5 Å². The Labute approximate surface area is 169 Å². The van der Waals surface area contributed by atoms with Gasteiger partial charge in [-0.1, -0.05) is 67.6 Å². The second kappa shape index (κ2) is 8.08. The molecule has 0 radical (unpaired) electrons. The third-order valence-electron chi connectivity index (χ3n) is 5.45. The van der Waals surface area contributed by atoms with Gasteiger partial charge in [-0.25, -0.2) is 5.10 Å². The number of rotatable bonds is 4. The van der Waals surface area contributed by atoms with Crippen LogP contribution in [0.25, 0.3) is 0 Å². The Morgan fingerprint density at radius 1 is 1.14 bits per heavy atom. The summed E-state index contributed by atoms with van der Waals surface area (Å²) in [5.41, 5.74) is 3.44. The van der Waals surface area contributed by atoms with E-state index in [1.807, 2.05) is 12.1 Å². The highest BCUT2D eigenvalue weighted by Crippen LogP contribution is 2.44. The number of nitrogens with zero attached hydrogens (tertiary/aromatic N) is 3. The molecule has 0 aliphatic carbocycles. The fourth-order valence-corrected chi connectivity index (χ4v) is 4.28. The van der Waals surface area contributed by atoms with Crippen molar-refractivity contribution < 1.29 is 4.42 Å². The highest BCUT2D eigenvalue weighted by molar-refractivity contribution is 7.71. The summed E-state index contributed by atoms with van der Waals surface area (Å²) in [4.78, 5) is 2.70. The average Bonchev–Trinajstić information content (AvgIpc) is 3.14. The first-order valence-electron chi connectivity index (χ1n) is 9.34. The Morgan fingerprint density at radius 2 is 1.79 bits per heavy atom. The average molecular weight is 394 g/mol. The minimum atomic E-state index is 0.0860. The Hall–Kier alpha value is -2.77. The van der Waals surface area contributed by atoms with Gasteiger partial charge in [0.1, 0.15) is 0 Å². The van der Waals surface area contributed by atoms with E-state index in [2.05, 4.69) is 75.7 Å². The lowest BCUT2D eigenvalue weighted by atomic mass is 9.79. The first-order valence-corrected chi connectivity index (χ1v) is 9.75. The van der Waals surface area contributed by atoms with Crippen LogP contribution in [0.2, 0.25) is 0 Å². The Bertz CT molecular complexity index is 998. The molecule has 3 unspecified atom stereocenters. The van der Waals surface area contributed by atoms with E-state index >= 15 is 0 Å². The van der Waals surface area contributed by atoms with Crippen LogP contribution in [0.1, 0.15) is 42.4 Å². The van der Waals surface area contributed by atoms with Gasteiger partial charge in [-0.05, 0) is 23.3 Å². The molecule has 1 aromatic heterocycles. The van der Waals surface area contributed by atoms with Gasteiger partial charge in [-0.15, -0.1) is 5.10 Å². The van der Waals surface area contributed by atoms with Gasteiger partial charge in [0, 0.05) is 30.1 Å². The van der Waals surface area contributed by atoms with Crippen LogP contribution in [-0.2, 0) is 6.54 Å². The Morgan fingerprint density at radius 3 is 2.36 bits per heavy atom. The van der Waals surface area contributed by atoms with E-state index < -0.39 is 0 Å². The molecule has 1 aliphatic rings. The first kappa shape index (κ1) is 18.6. The zero-order chi connectivity index (χ0) is 19.5. The third-order valence-corrected chi connectivity index (χ3v) is 5.63. The van der Waals surface area contributed by atoms with Gasteiger partial charge in [0.15, 0.2) is 0 Å². The van der Waals surface area contributed by atoms with Gasteiger partial charge in [0.25, 0.3) is 4.84 Å². The summed E-state index contributed by atoms with van der Waals surface area (Å²) in [7, 11) is 0. The van der Waals surface area contributed by atoms with E-state index in [1.54, 1.807) is 0 Å². The van der Waals surface area contributed by atoms with Crippen molar-refractivity contribution in [3.05, 3.63) is 82.5 Å². The lowest BCUT2D eigenvalue weighted by molar-refractivity contribution is 0.0770. The van der Waals surface area contributed by atoms with Crippen LogP contribution in [0, 0.1) is 10.8 Å². The standard InChI is InChI=1S/C21H23N5OS/c1-14-17(23-22)12-18(15-8-4-2-5-9-15)26(13-19-24-25-21(28)27-19)20(14)16-10-6-3-7-11-16/h2-11,14,18,20H,12-13,22H2,1H3,(H,25,28). The summed E-state index contributed by atoms with van der Waals surface area (Å²) in [6.07, 6.45) is 0.760. The quantitative estimate of drug-likeness (QED) is 0.391. The molecule has 6 nitrogen and oxygen atoms in total. The second-order valence-corrected chi connectivity index (χ2v) is 7.45. The predicted molar refractivity (Wildman–Crippen MR) is 111 cm³/mol. The van der Waals surface area contributed by atoms with Gasteiger partial charge in [0.2, 0.25) is 5.89 Å². The molecule has 3 atom stereocenters. The first-order chi connectivity index (χ1) is 13.7. The number of piperidine rings is 1. The largest absolute Gasteiger partial charge is 0.413 e. The highest BCUT2D eigenvalue weighted by Gasteiger charge is 2.41. The maximum atomic E-state index is 5.80. The molecule has 144 valence electrons. The molecule has 0 spiro atoms. The van der Waals surface area contributed by atoms with Crippen LogP contribution >= 0.6 is 12.2 Å². The number of aromatic amines is 1. The Balaban J connectivity index is 1.82. The summed E-state index contributed by atoms with van der Waals surface area (Å²) in [6, 6.07) is 21.1. The van der Waals surface area contributed by atoms with Crippen LogP contribution in [-0.4, -0.2) is 20.8 Å². The molecule has 1 aliphatic heterocycles. The van der Waals surface area contributed by atoms with E-state index in [9.17, 15) is 0 Å². The summed E-state index contributed by atoms with van der Waals surface area (Å²) >= 11 is 5.07. The Kier molecular flexibility index (Phi) is 5.36. The summed E-state index contributed by atoms with van der Waals surface area (Å²) < 4.78 is 5.59. The van der Waals surface area contributed by atoms with Gasteiger partial charge >= 0.3 is 0 Å². The van der Waals surface area contributed by atoms with Crippen molar-refractivity contribution in [3.8, 4) is 0 Å². The van der Waals surface area contributed by atoms with Crippen molar-refractivity contribution >= 4 is 17.9 Å². The zero-order valence-corrected chi connectivity index (χ0v) is 16.5. The topological polar surface area (TPSA) is 83.4 Å². The van der Waals surface area contributed by atoms with E-state index in [0.29, 0.717) is 12.4 Å². The van der Waals surface area contributed by atoms with Crippen molar-refractivity contribution in [1.82, 2.24) is 15.1 Å². The number of H-pyrrole nitrogens is 1. The number of aromatic nitrogens is 2. The molecule has 1 fully saturated rings. The monoisotopic (exact) mass is 393 g/mol. The molecular formula is C21H23N5OS. The molecule has 4 rings (SSSR count). The molecule has 3 N–H and O–H groups in total. The van der Waals surface area contributed by atoms with Crippen LogP contribution in [0.15, 0.2) is 70.2 Å².